The summed E-state index contributed by atoms with van der Waals surface area (Å²) in [4.78, 5) is 28.1. The molecule has 1 aromatic heterocycles. The average Bonchev–Trinajstić information content (AvgIpc) is 3.15. The highest BCUT2D eigenvalue weighted by molar-refractivity contribution is 5.95. The number of hydrogen-bond acceptors (Lipinski definition) is 3. The van der Waals surface area contributed by atoms with E-state index < -0.39 is 0 Å². The van der Waals surface area contributed by atoms with Gasteiger partial charge in [0.15, 0.2) is 0 Å². The summed E-state index contributed by atoms with van der Waals surface area (Å²) in [6, 6.07) is 10.7. The van der Waals surface area contributed by atoms with Gasteiger partial charge in [-0.05, 0) is 35.3 Å². The molecular formula is C23H22N4O2. The van der Waals surface area contributed by atoms with Crippen LogP contribution in [0.1, 0.15) is 16.7 Å². The number of carbonyl (C=O) groups is 2. The van der Waals surface area contributed by atoms with Gasteiger partial charge in [0, 0.05) is 30.6 Å². The molecule has 0 spiro atoms. The van der Waals surface area contributed by atoms with Gasteiger partial charge in [-0.3, -0.25) is 14.7 Å². The Labute approximate surface area is 168 Å². The van der Waals surface area contributed by atoms with E-state index >= 15 is 0 Å². The van der Waals surface area contributed by atoms with E-state index in [1.165, 1.54) is 17.2 Å². The summed E-state index contributed by atoms with van der Waals surface area (Å²) in [5.74, 6) is 0.0564. The predicted molar refractivity (Wildman–Crippen MR) is 111 cm³/mol. The lowest BCUT2D eigenvalue weighted by atomic mass is 9.90. The van der Waals surface area contributed by atoms with E-state index in [4.69, 9.17) is 0 Å². The van der Waals surface area contributed by atoms with Gasteiger partial charge in [0.2, 0.25) is 11.8 Å². The van der Waals surface area contributed by atoms with E-state index in [9.17, 15) is 9.59 Å². The van der Waals surface area contributed by atoms with Gasteiger partial charge in [-0.15, -0.1) is 0 Å². The lowest BCUT2D eigenvalue weighted by Gasteiger charge is -2.46. The van der Waals surface area contributed by atoms with Crippen molar-refractivity contribution in [3.8, 4) is 11.1 Å². The zero-order valence-corrected chi connectivity index (χ0v) is 16.3. The van der Waals surface area contributed by atoms with E-state index in [1.54, 1.807) is 4.90 Å². The second-order valence-electron chi connectivity index (χ2n) is 7.87. The number of hydrogen-bond donors (Lipinski definition) is 1. The molecule has 1 saturated heterocycles. The van der Waals surface area contributed by atoms with E-state index in [1.807, 2.05) is 11.1 Å². The van der Waals surface area contributed by atoms with Gasteiger partial charge in [-0.2, -0.15) is 5.10 Å². The Kier molecular flexibility index (Phi) is 4.01. The van der Waals surface area contributed by atoms with Gasteiger partial charge < -0.3 is 9.80 Å². The van der Waals surface area contributed by atoms with Crippen molar-refractivity contribution >= 4 is 22.7 Å². The highest BCUT2D eigenvalue weighted by Crippen LogP contribution is 2.34. The second-order valence-corrected chi connectivity index (χ2v) is 7.87. The summed E-state index contributed by atoms with van der Waals surface area (Å²) in [6.45, 7) is 7.39. The molecule has 2 amide bonds. The topological polar surface area (TPSA) is 69.3 Å². The number of benzene rings is 2. The SMILES string of the molecule is C=CC(=O)N1CC(N2Cc3ccc(-c4c(C)ccc5cn[nH]c45)cc3CC2=O)C1. The minimum atomic E-state index is -0.0703. The van der Waals surface area contributed by atoms with Gasteiger partial charge in [0.25, 0.3) is 0 Å². The Morgan fingerprint density at radius 2 is 2.07 bits per heavy atom. The molecule has 0 saturated carbocycles. The van der Waals surface area contributed by atoms with Crippen LogP contribution in [0.2, 0.25) is 0 Å². The molecular weight excluding hydrogens is 364 g/mol. The van der Waals surface area contributed by atoms with Crippen LogP contribution in [-0.2, 0) is 22.6 Å². The molecule has 0 radical (unpaired) electrons. The van der Waals surface area contributed by atoms with Gasteiger partial charge in [0.1, 0.15) is 0 Å². The van der Waals surface area contributed by atoms with Gasteiger partial charge >= 0.3 is 0 Å². The highest BCUT2D eigenvalue weighted by Gasteiger charge is 2.38. The van der Waals surface area contributed by atoms with Gasteiger partial charge in [-0.1, -0.05) is 36.9 Å². The Bertz CT molecular complexity index is 1160. The zero-order valence-electron chi connectivity index (χ0n) is 16.3. The summed E-state index contributed by atoms with van der Waals surface area (Å²) in [5, 5.41) is 8.36. The molecule has 3 aromatic rings. The molecule has 1 fully saturated rings. The second kappa shape index (κ2) is 6.58. The lowest BCUT2D eigenvalue weighted by molar-refractivity contribution is -0.145. The Hall–Kier alpha value is -3.41. The first-order valence-electron chi connectivity index (χ1n) is 9.81. The van der Waals surface area contributed by atoms with Crippen LogP contribution >= 0.6 is 0 Å². The van der Waals surface area contributed by atoms with Crippen LogP contribution in [0.25, 0.3) is 22.0 Å². The van der Waals surface area contributed by atoms with Crippen molar-refractivity contribution in [1.29, 1.82) is 0 Å². The number of amides is 2. The van der Waals surface area contributed by atoms with Crippen molar-refractivity contribution < 1.29 is 9.59 Å². The molecule has 0 unspecified atom stereocenters. The Morgan fingerprint density at radius 3 is 2.86 bits per heavy atom. The van der Waals surface area contributed by atoms with Crippen molar-refractivity contribution in [1.82, 2.24) is 20.0 Å². The normalized spacial score (nSPS) is 16.7. The maximum Gasteiger partial charge on any atom is 0.246 e. The molecule has 2 aromatic carbocycles. The number of nitrogens with one attached hydrogen (secondary N) is 1. The maximum absolute atomic E-state index is 12.8. The van der Waals surface area contributed by atoms with Gasteiger partial charge in [-0.25, -0.2) is 0 Å². The third kappa shape index (κ3) is 2.83. The van der Waals surface area contributed by atoms with Crippen molar-refractivity contribution in [3.63, 3.8) is 0 Å². The van der Waals surface area contributed by atoms with E-state index in [-0.39, 0.29) is 17.9 Å². The molecule has 6 nitrogen and oxygen atoms in total. The number of nitrogens with zero attached hydrogens (tertiary/aromatic N) is 3. The molecule has 2 aliphatic heterocycles. The van der Waals surface area contributed by atoms with Crippen LogP contribution in [0.4, 0.5) is 0 Å². The fraction of sp³-hybridized carbons (Fsp3) is 0.261. The minimum absolute atomic E-state index is 0.0703. The molecule has 0 bridgehead atoms. The summed E-state index contributed by atoms with van der Waals surface area (Å²) in [7, 11) is 0. The Balaban J connectivity index is 1.42. The number of aromatic nitrogens is 2. The first kappa shape index (κ1) is 17.7. The zero-order chi connectivity index (χ0) is 20.1. The molecule has 6 heteroatoms. The fourth-order valence-electron chi connectivity index (χ4n) is 4.42. The molecule has 3 heterocycles. The molecule has 29 heavy (non-hydrogen) atoms. The predicted octanol–water partition coefficient (Wildman–Crippen LogP) is 2.82. The summed E-state index contributed by atoms with van der Waals surface area (Å²) < 4.78 is 0. The molecule has 0 aliphatic carbocycles. The van der Waals surface area contributed by atoms with Crippen molar-refractivity contribution in [2.45, 2.75) is 25.9 Å². The third-order valence-corrected chi connectivity index (χ3v) is 6.11. The van der Waals surface area contributed by atoms with Crippen LogP contribution in [0.15, 0.2) is 49.2 Å². The van der Waals surface area contributed by atoms with Crippen LogP contribution in [0.5, 0.6) is 0 Å². The number of fused-ring (bicyclic) bond motifs is 2. The standard InChI is InChI=1S/C23H22N4O2/c1-3-20(28)26-12-19(13-26)27-11-17-7-6-15(8-18(17)9-21(27)29)22-14(2)4-5-16-10-24-25-23(16)22/h3-8,10,19H,1,9,11-13H2,2H3,(H,24,25). The number of likely N-dealkylation sites (tertiary alicyclic amines) is 1. The van der Waals surface area contributed by atoms with Crippen LogP contribution in [0.3, 0.4) is 0 Å². The van der Waals surface area contributed by atoms with Gasteiger partial charge in [0.05, 0.1) is 24.2 Å². The van der Waals surface area contributed by atoms with Crippen molar-refractivity contribution in [2.75, 3.05) is 13.1 Å². The minimum Gasteiger partial charge on any atom is -0.335 e. The first-order valence-corrected chi connectivity index (χ1v) is 9.81. The largest absolute Gasteiger partial charge is 0.335 e. The van der Waals surface area contributed by atoms with E-state index in [2.05, 4.69) is 54.0 Å². The monoisotopic (exact) mass is 386 g/mol. The summed E-state index contributed by atoms with van der Waals surface area (Å²) in [5.41, 5.74) is 6.69. The molecule has 5 rings (SSSR count). The smallest absolute Gasteiger partial charge is 0.246 e. The maximum atomic E-state index is 12.8. The summed E-state index contributed by atoms with van der Waals surface area (Å²) in [6.07, 6.45) is 3.55. The highest BCUT2D eigenvalue weighted by atomic mass is 16.2. The summed E-state index contributed by atoms with van der Waals surface area (Å²) >= 11 is 0. The number of carbonyl (C=O) groups excluding carboxylic acids is 2. The van der Waals surface area contributed by atoms with Crippen molar-refractivity contribution in [2.24, 2.45) is 0 Å². The van der Waals surface area contributed by atoms with E-state index in [0.717, 1.165) is 27.6 Å². The number of aromatic amines is 1. The molecule has 0 atom stereocenters. The van der Waals surface area contributed by atoms with Crippen LogP contribution in [0, 0.1) is 6.92 Å². The third-order valence-electron chi connectivity index (χ3n) is 6.11. The molecule has 1 N–H and O–H groups in total. The van der Waals surface area contributed by atoms with Crippen molar-refractivity contribution in [3.05, 3.63) is 65.9 Å². The quantitative estimate of drug-likeness (QED) is 0.704. The number of rotatable bonds is 3. The fourth-order valence-corrected chi connectivity index (χ4v) is 4.42. The van der Waals surface area contributed by atoms with Crippen LogP contribution in [-0.4, -0.2) is 50.9 Å². The molecule has 2 aliphatic rings. The lowest BCUT2D eigenvalue weighted by Crippen LogP contribution is -2.62. The molecule has 146 valence electrons. The number of H-pyrrole nitrogens is 1. The average molecular weight is 386 g/mol. The first-order chi connectivity index (χ1) is 14.0. The number of aryl methyl sites for hydroxylation is 1. The van der Waals surface area contributed by atoms with Crippen LogP contribution < -0.4 is 0 Å². The van der Waals surface area contributed by atoms with E-state index in [0.29, 0.717) is 26.1 Å². The Morgan fingerprint density at radius 1 is 1.24 bits per heavy atom.